The van der Waals surface area contributed by atoms with Crippen LogP contribution in [0.1, 0.15) is 55.8 Å². The fourth-order valence-electron chi connectivity index (χ4n) is 5.04. The molecule has 2 aromatic carbocycles. The van der Waals surface area contributed by atoms with Crippen molar-refractivity contribution in [1.29, 1.82) is 0 Å². The fourth-order valence-corrected chi connectivity index (χ4v) is 5.04. The Balaban J connectivity index is 1.59. The number of ether oxygens (including phenoxy) is 4. The zero-order valence-electron chi connectivity index (χ0n) is 23.3. The molecular weight excluding hydrogens is 524 g/mol. The molecule has 0 bridgehead atoms. The maximum atomic E-state index is 13.5. The van der Waals surface area contributed by atoms with E-state index in [-0.39, 0.29) is 17.9 Å². The average Bonchev–Trinajstić information content (AvgIpc) is 3.25. The highest BCUT2D eigenvalue weighted by molar-refractivity contribution is 6.46. The molecule has 2 aliphatic heterocycles. The number of amides is 1. The largest absolute Gasteiger partial charge is 0.507 e. The molecule has 1 aromatic heterocycles. The number of carbonyl (C=O) groups excluding carboxylic acids is 2. The molecule has 41 heavy (non-hydrogen) atoms. The molecule has 0 saturated carbocycles. The quantitative estimate of drug-likeness (QED) is 0.143. The lowest BCUT2D eigenvalue weighted by Crippen LogP contribution is -2.29. The number of pyridine rings is 1. The molecule has 9 heteroatoms. The van der Waals surface area contributed by atoms with Crippen LogP contribution in [0, 0.1) is 0 Å². The van der Waals surface area contributed by atoms with Gasteiger partial charge >= 0.3 is 0 Å². The monoisotopic (exact) mass is 558 g/mol. The summed E-state index contributed by atoms with van der Waals surface area (Å²) in [6.07, 6.45) is 6.33. The molecule has 3 aromatic rings. The van der Waals surface area contributed by atoms with Crippen molar-refractivity contribution in [3.05, 3.63) is 83.2 Å². The first-order valence-corrected chi connectivity index (χ1v) is 14.0. The van der Waals surface area contributed by atoms with E-state index in [1.807, 2.05) is 13.0 Å². The van der Waals surface area contributed by atoms with Gasteiger partial charge in [0.25, 0.3) is 11.7 Å². The van der Waals surface area contributed by atoms with Crippen LogP contribution >= 0.6 is 0 Å². The number of carbonyl (C=O) groups is 2. The van der Waals surface area contributed by atoms with Crippen molar-refractivity contribution < 1.29 is 33.6 Å². The number of aliphatic hydroxyl groups is 1. The van der Waals surface area contributed by atoms with Gasteiger partial charge in [-0.3, -0.25) is 14.6 Å². The van der Waals surface area contributed by atoms with Crippen molar-refractivity contribution in [3.63, 3.8) is 0 Å². The van der Waals surface area contributed by atoms with E-state index in [0.717, 1.165) is 24.8 Å². The Morgan fingerprint density at radius 3 is 2.49 bits per heavy atom. The lowest BCUT2D eigenvalue weighted by atomic mass is 9.94. The number of aliphatic hydroxyl groups excluding tert-OH is 1. The normalized spacial score (nSPS) is 17.5. The second kappa shape index (κ2) is 12.8. The number of likely N-dealkylation sites (tertiary alicyclic amines) is 1. The molecule has 0 aliphatic carbocycles. The van der Waals surface area contributed by atoms with E-state index in [9.17, 15) is 14.7 Å². The van der Waals surface area contributed by atoms with E-state index in [0.29, 0.717) is 60.6 Å². The Morgan fingerprint density at radius 1 is 0.951 bits per heavy atom. The maximum absolute atomic E-state index is 13.5. The number of aromatic nitrogens is 1. The molecule has 1 N–H and O–H groups in total. The molecule has 1 saturated heterocycles. The molecule has 5 rings (SSSR count). The Kier molecular flexibility index (Phi) is 8.72. The summed E-state index contributed by atoms with van der Waals surface area (Å²) >= 11 is 0. The summed E-state index contributed by atoms with van der Waals surface area (Å²) in [5, 5.41) is 11.5. The van der Waals surface area contributed by atoms with Crippen molar-refractivity contribution in [2.24, 2.45) is 0 Å². The molecule has 3 heterocycles. The van der Waals surface area contributed by atoms with E-state index in [1.54, 1.807) is 54.9 Å². The first kappa shape index (κ1) is 28.0. The third kappa shape index (κ3) is 5.99. The summed E-state index contributed by atoms with van der Waals surface area (Å²) in [4.78, 5) is 32.5. The number of nitrogens with zero attached hydrogens (tertiary/aromatic N) is 2. The number of fused-ring (bicyclic) bond motifs is 1. The standard InChI is InChI=1S/C32H34N2O7/c1-3-5-6-15-39-24-9-7-22(18-26(24)38-4-2)29-28(30(35)23-8-10-25-27(19-23)41-17-16-40-25)31(36)32(37)34(29)20-21-11-13-33-14-12-21/h7-14,18-19,29,35H,3-6,15-17,20H2,1-2H3/b30-28+/t29-/m0/s1. The van der Waals surface area contributed by atoms with Gasteiger partial charge < -0.3 is 29.0 Å². The van der Waals surface area contributed by atoms with Crippen LogP contribution in [0.4, 0.5) is 0 Å². The first-order chi connectivity index (χ1) is 20.0. The van der Waals surface area contributed by atoms with E-state index >= 15 is 0 Å². The number of Topliss-reactive ketones (excluding diaryl/α,β-unsaturated/α-hetero) is 1. The number of hydrogen-bond donors (Lipinski definition) is 1. The number of ketones is 1. The average molecular weight is 559 g/mol. The second-order valence-corrected chi connectivity index (χ2v) is 9.84. The summed E-state index contributed by atoms with van der Waals surface area (Å²) in [5.41, 5.74) is 1.75. The van der Waals surface area contributed by atoms with E-state index in [2.05, 4.69) is 11.9 Å². The molecule has 9 nitrogen and oxygen atoms in total. The SMILES string of the molecule is CCCCCOc1ccc([C@H]2/C(=C(\O)c3ccc4c(c3)OCCO4)C(=O)C(=O)N2Cc2ccncc2)cc1OCC. The van der Waals surface area contributed by atoms with Crippen LogP contribution in [-0.2, 0) is 16.1 Å². The van der Waals surface area contributed by atoms with Crippen LogP contribution < -0.4 is 18.9 Å². The molecule has 0 spiro atoms. The summed E-state index contributed by atoms with van der Waals surface area (Å²) in [7, 11) is 0. The lowest BCUT2D eigenvalue weighted by Gasteiger charge is -2.26. The summed E-state index contributed by atoms with van der Waals surface area (Å²) in [5.74, 6) is 0.350. The molecule has 1 amide bonds. The van der Waals surface area contributed by atoms with Gasteiger partial charge in [-0.25, -0.2) is 0 Å². The van der Waals surface area contributed by atoms with Crippen LogP contribution in [0.25, 0.3) is 5.76 Å². The van der Waals surface area contributed by atoms with Crippen LogP contribution in [-0.4, -0.2) is 53.1 Å². The number of benzene rings is 2. The topological polar surface area (TPSA) is 107 Å². The molecule has 1 atom stereocenters. The van der Waals surface area contributed by atoms with Gasteiger partial charge in [-0.15, -0.1) is 0 Å². The van der Waals surface area contributed by atoms with Gasteiger partial charge in [0.15, 0.2) is 23.0 Å². The molecule has 2 aliphatic rings. The van der Waals surface area contributed by atoms with Crippen LogP contribution in [0.15, 0.2) is 66.5 Å². The third-order valence-electron chi connectivity index (χ3n) is 7.05. The van der Waals surface area contributed by atoms with Crippen molar-refractivity contribution in [2.75, 3.05) is 26.4 Å². The third-order valence-corrected chi connectivity index (χ3v) is 7.05. The van der Waals surface area contributed by atoms with Crippen LogP contribution in [0.3, 0.4) is 0 Å². The first-order valence-electron chi connectivity index (χ1n) is 14.0. The Hall–Kier alpha value is -4.53. The van der Waals surface area contributed by atoms with Gasteiger partial charge in [0.1, 0.15) is 19.0 Å². The molecular formula is C32H34N2O7. The smallest absolute Gasteiger partial charge is 0.295 e. The molecule has 214 valence electrons. The Bertz CT molecular complexity index is 1440. The van der Waals surface area contributed by atoms with Gasteiger partial charge in [-0.1, -0.05) is 25.8 Å². The van der Waals surface area contributed by atoms with Gasteiger partial charge in [0.2, 0.25) is 0 Å². The summed E-state index contributed by atoms with van der Waals surface area (Å²) in [6, 6.07) is 13.0. The summed E-state index contributed by atoms with van der Waals surface area (Å²) in [6.45, 7) is 5.92. The van der Waals surface area contributed by atoms with Gasteiger partial charge in [0.05, 0.1) is 24.8 Å². The van der Waals surface area contributed by atoms with Crippen molar-refractivity contribution >= 4 is 17.4 Å². The van der Waals surface area contributed by atoms with Crippen molar-refractivity contribution in [1.82, 2.24) is 9.88 Å². The minimum absolute atomic E-state index is 0.0141. The predicted octanol–water partition coefficient (Wildman–Crippen LogP) is 5.44. The molecule has 1 fully saturated rings. The van der Waals surface area contributed by atoms with Gasteiger partial charge in [-0.05, 0) is 66.9 Å². The van der Waals surface area contributed by atoms with Gasteiger partial charge in [0, 0.05) is 24.5 Å². The zero-order chi connectivity index (χ0) is 28.8. The van der Waals surface area contributed by atoms with Crippen molar-refractivity contribution in [2.45, 2.75) is 45.7 Å². The molecule has 0 unspecified atom stereocenters. The highest BCUT2D eigenvalue weighted by Crippen LogP contribution is 2.43. The number of hydrogen-bond acceptors (Lipinski definition) is 8. The fraction of sp³-hybridized carbons (Fsp3) is 0.344. The maximum Gasteiger partial charge on any atom is 0.295 e. The zero-order valence-corrected chi connectivity index (χ0v) is 23.3. The molecule has 0 radical (unpaired) electrons. The van der Waals surface area contributed by atoms with Gasteiger partial charge in [-0.2, -0.15) is 0 Å². The Labute approximate surface area is 239 Å². The highest BCUT2D eigenvalue weighted by Gasteiger charge is 2.46. The van der Waals surface area contributed by atoms with Crippen molar-refractivity contribution in [3.8, 4) is 23.0 Å². The van der Waals surface area contributed by atoms with E-state index in [4.69, 9.17) is 18.9 Å². The van der Waals surface area contributed by atoms with E-state index < -0.39 is 17.7 Å². The minimum atomic E-state index is -0.871. The van der Waals surface area contributed by atoms with Crippen LogP contribution in [0.5, 0.6) is 23.0 Å². The Morgan fingerprint density at radius 2 is 1.73 bits per heavy atom. The number of unbranched alkanes of at least 4 members (excludes halogenated alkanes) is 2. The lowest BCUT2D eigenvalue weighted by molar-refractivity contribution is -0.140. The summed E-state index contributed by atoms with van der Waals surface area (Å²) < 4.78 is 23.2. The number of rotatable bonds is 11. The highest BCUT2D eigenvalue weighted by atomic mass is 16.6. The van der Waals surface area contributed by atoms with Crippen LogP contribution in [0.2, 0.25) is 0 Å². The second-order valence-electron chi connectivity index (χ2n) is 9.84. The van der Waals surface area contributed by atoms with E-state index in [1.165, 1.54) is 4.90 Å². The minimum Gasteiger partial charge on any atom is -0.507 e. The predicted molar refractivity (Wildman–Crippen MR) is 152 cm³/mol.